The molecule has 0 amide bonds. The first-order valence-corrected chi connectivity index (χ1v) is 15.2. The minimum Gasteiger partial charge on any atom is -0.255 e. The van der Waals surface area contributed by atoms with E-state index in [-0.39, 0.29) is 0 Å². The molecule has 2 heterocycles. The Morgan fingerprint density at radius 1 is 0.450 bits per heavy atom. The molecule has 2 aromatic heterocycles. The van der Waals surface area contributed by atoms with Gasteiger partial charge in [0.2, 0.25) is 0 Å². The smallest absolute Gasteiger partial charge is 0.0892 e. The Balaban J connectivity index is 1.36. The minimum absolute atomic E-state index is 0.882. The van der Waals surface area contributed by atoms with Crippen LogP contribution in [0.3, 0.4) is 0 Å². The molecular formula is C38H44N2. The van der Waals surface area contributed by atoms with Crippen LogP contribution in [0.5, 0.6) is 0 Å². The Morgan fingerprint density at radius 3 is 1.25 bits per heavy atom. The maximum atomic E-state index is 4.60. The minimum atomic E-state index is 0.882. The van der Waals surface area contributed by atoms with Crippen molar-refractivity contribution in [2.75, 3.05) is 0 Å². The molecule has 0 saturated heterocycles. The van der Waals surface area contributed by atoms with Crippen LogP contribution in [-0.2, 0) is 12.8 Å². The van der Waals surface area contributed by atoms with E-state index < -0.39 is 0 Å². The van der Waals surface area contributed by atoms with Crippen molar-refractivity contribution in [1.82, 2.24) is 9.97 Å². The van der Waals surface area contributed by atoms with E-state index in [0.717, 1.165) is 22.5 Å². The highest BCUT2D eigenvalue weighted by Gasteiger charge is 2.03. The topological polar surface area (TPSA) is 25.8 Å². The fourth-order valence-electron chi connectivity index (χ4n) is 4.87. The largest absolute Gasteiger partial charge is 0.255 e. The molecule has 206 valence electrons. The van der Waals surface area contributed by atoms with Crippen molar-refractivity contribution in [2.24, 2.45) is 0 Å². The van der Waals surface area contributed by atoms with Gasteiger partial charge in [-0.15, -0.1) is 0 Å². The van der Waals surface area contributed by atoms with Gasteiger partial charge in [-0.3, -0.25) is 9.97 Å². The number of benzene rings is 2. The highest BCUT2D eigenvalue weighted by molar-refractivity contribution is 5.74. The van der Waals surface area contributed by atoms with Crippen molar-refractivity contribution >= 4 is 24.3 Å². The van der Waals surface area contributed by atoms with Gasteiger partial charge < -0.3 is 0 Å². The second kappa shape index (κ2) is 16.4. The van der Waals surface area contributed by atoms with Crippen molar-refractivity contribution in [1.29, 1.82) is 0 Å². The molecule has 0 bridgehead atoms. The average molecular weight is 529 g/mol. The van der Waals surface area contributed by atoms with Crippen molar-refractivity contribution in [2.45, 2.75) is 78.1 Å². The summed E-state index contributed by atoms with van der Waals surface area (Å²) in [5.41, 5.74) is 9.27. The number of hydrogen-bond acceptors (Lipinski definition) is 2. The monoisotopic (exact) mass is 528 g/mol. The lowest BCUT2D eigenvalue weighted by atomic mass is 10.0. The second-order valence-electron chi connectivity index (χ2n) is 10.7. The number of aryl methyl sites for hydroxylation is 2. The molecule has 4 rings (SSSR count). The molecule has 0 radical (unpaired) electrons. The van der Waals surface area contributed by atoms with Crippen LogP contribution in [0, 0.1) is 0 Å². The van der Waals surface area contributed by atoms with Crippen LogP contribution in [0.4, 0.5) is 0 Å². The number of hydrogen-bond donors (Lipinski definition) is 0. The Morgan fingerprint density at radius 2 is 0.850 bits per heavy atom. The standard InChI is InChI=1S/C38H44N2/c1-3-5-7-9-11-31-13-17-33(18-14-31)21-23-35-25-27-39-37(29-35)38-30-36(26-28-40-38)24-22-34-19-15-32(16-20-34)12-10-8-6-4-2/h13-30H,3-12H2,1-2H3. The van der Waals surface area contributed by atoms with Crippen molar-refractivity contribution in [3.05, 3.63) is 119 Å². The van der Waals surface area contributed by atoms with Gasteiger partial charge in [0.15, 0.2) is 0 Å². The Kier molecular flexibility index (Phi) is 11.9. The maximum Gasteiger partial charge on any atom is 0.0892 e. The van der Waals surface area contributed by atoms with Crippen LogP contribution >= 0.6 is 0 Å². The Labute approximate surface area is 242 Å². The zero-order valence-corrected chi connectivity index (χ0v) is 24.4. The predicted molar refractivity (Wildman–Crippen MR) is 174 cm³/mol. The lowest BCUT2D eigenvalue weighted by Crippen LogP contribution is -1.89. The Bertz CT molecular complexity index is 1240. The fraction of sp³-hybridized carbons (Fsp3) is 0.316. The summed E-state index contributed by atoms with van der Waals surface area (Å²) >= 11 is 0. The van der Waals surface area contributed by atoms with Crippen LogP contribution in [-0.4, -0.2) is 9.97 Å². The quantitative estimate of drug-likeness (QED) is 0.143. The van der Waals surface area contributed by atoms with E-state index in [9.17, 15) is 0 Å². The summed E-state index contributed by atoms with van der Waals surface area (Å²) in [7, 11) is 0. The van der Waals surface area contributed by atoms with E-state index in [0.29, 0.717) is 0 Å². The normalized spacial score (nSPS) is 11.6. The van der Waals surface area contributed by atoms with Gasteiger partial charge in [-0.2, -0.15) is 0 Å². The number of unbranched alkanes of at least 4 members (excludes halogenated alkanes) is 6. The summed E-state index contributed by atoms with van der Waals surface area (Å²) in [5.74, 6) is 0. The van der Waals surface area contributed by atoms with Gasteiger partial charge in [0.05, 0.1) is 11.4 Å². The first kappa shape index (κ1) is 29.2. The predicted octanol–water partition coefficient (Wildman–Crippen LogP) is 10.7. The van der Waals surface area contributed by atoms with E-state index in [1.807, 2.05) is 24.5 Å². The average Bonchev–Trinajstić information content (AvgIpc) is 3.01. The van der Waals surface area contributed by atoms with E-state index >= 15 is 0 Å². The van der Waals surface area contributed by atoms with E-state index in [4.69, 9.17) is 0 Å². The van der Waals surface area contributed by atoms with Crippen LogP contribution in [0.1, 0.15) is 98.6 Å². The first-order chi connectivity index (χ1) is 19.7. The third-order valence-corrected chi connectivity index (χ3v) is 7.36. The summed E-state index contributed by atoms with van der Waals surface area (Å²) in [5, 5.41) is 0. The van der Waals surface area contributed by atoms with Crippen LogP contribution in [0.2, 0.25) is 0 Å². The zero-order valence-electron chi connectivity index (χ0n) is 24.4. The Hall–Kier alpha value is -3.78. The summed E-state index contributed by atoms with van der Waals surface area (Å²) < 4.78 is 0. The molecule has 0 spiro atoms. The lowest BCUT2D eigenvalue weighted by molar-refractivity contribution is 0.667. The molecule has 0 atom stereocenters. The van der Waals surface area contributed by atoms with Gasteiger partial charge in [-0.25, -0.2) is 0 Å². The highest BCUT2D eigenvalue weighted by atomic mass is 14.8. The first-order valence-electron chi connectivity index (χ1n) is 15.2. The molecule has 2 aromatic carbocycles. The molecule has 0 aliphatic rings. The molecule has 4 aromatic rings. The molecule has 40 heavy (non-hydrogen) atoms. The molecule has 0 fully saturated rings. The number of aromatic nitrogens is 2. The summed E-state index contributed by atoms with van der Waals surface area (Å²) in [6, 6.07) is 26.2. The summed E-state index contributed by atoms with van der Waals surface area (Å²) in [6.45, 7) is 4.52. The van der Waals surface area contributed by atoms with Gasteiger partial charge in [-0.05, 0) is 83.3 Å². The van der Waals surface area contributed by atoms with Gasteiger partial charge in [0.25, 0.3) is 0 Å². The SMILES string of the molecule is CCCCCCc1ccc(C=Cc2ccnc(-c3cc(C=Cc4ccc(CCCCCC)cc4)ccn3)c2)cc1. The van der Waals surface area contributed by atoms with E-state index in [1.165, 1.54) is 86.5 Å². The number of rotatable bonds is 15. The molecule has 0 aliphatic heterocycles. The van der Waals surface area contributed by atoms with Crippen molar-refractivity contribution in [3.63, 3.8) is 0 Å². The fourth-order valence-corrected chi connectivity index (χ4v) is 4.87. The van der Waals surface area contributed by atoms with Gasteiger partial charge in [0, 0.05) is 12.4 Å². The second-order valence-corrected chi connectivity index (χ2v) is 10.7. The third kappa shape index (κ3) is 9.75. The highest BCUT2D eigenvalue weighted by Crippen LogP contribution is 2.20. The van der Waals surface area contributed by atoms with Gasteiger partial charge in [-0.1, -0.05) is 125 Å². The number of pyridine rings is 2. The molecule has 0 unspecified atom stereocenters. The van der Waals surface area contributed by atoms with Gasteiger partial charge in [0.1, 0.15) is 0 Å². The molecule has 0 saturated carbocycles. The molecular weight excluding hydrogens is 484 g/mol. The molecule has 2 nitrogen and oxygen atoms in total. The number of nitrogens with zero attached hydrogens (tertiary/aromatic N) is 2. The molecule has 0 aliphatic carbocycles. The summed E-state index contributed by atoms with van der Waals surface area (Å²) in [4.78, 5) is 9.20. The maximum absolute atomic E-state index is 4.60. The molecule has 0 N–H and O–H groups in total. The third-order valence-electron chi connectivity index (χ3n) is 7.36. The van der Waals surface area contributed by atoms with E-state index in [2.05, 4.69) is 109 Å². The lowest BCUT2D eigenvalue weighted by Gasteiger charge is -2.04. The van der Waals surface area contributed by atoms with Crippen molar-refractivity contribution < 1.29 is 0 Å². The zero-order chi connectivity index (χ0) is 27.8. The summed E-state index contributed by atoms with van der Waals surface area (Å²) in [6.07, 6.45) is 25.1. The van der Waals surface area contributed by atoms with Crippen LogP contribution < -0.4 is 0 Å². The molecule has 2 heteroatoms. The van der Waals surface area contributed by atoms with Gasteiger partial charge >= 0.3 is 0 Å². The van der Waals surface area contributed by atoms with Crippen LogP contribution in [0.25, 0.3) is 35.7 Å². The van der Waals surface area contributed by atoms with Crippen LogP contribution in [0.15, 0.2) is 85.2 Å². The van der Waals surface area contributed by atoms with Crippen molar-refractivity contribution in [3.8, 4) is 11.4 Å². The van der Waals surface area contributed by atoms with E-state index in [1.54, 1.807) is 0 Å².